The number of fused-ring (bicyclic) bond motifs is 2. The van der Waals surface area contributed by atoms with Crippen LogP contribution in [-0.2, 0) is 19.1 Å². The molecule has 14 nitrogen and oxygen atoms in total. The number of carbonyl (C=O) groups excluding carboxylic acids is 4. The number of amides is 4. The summed E-state index contributed by atoms with van der Waals surface area (Å²) >= 11 is 0. The number of nitrogens with zero attached hydrogens (tertiary/aromatic N) is 4. The zero-order valence-corrected chi connectivity index (χ0v) is 32.9. The first-order valence-electron chi connectivity index (χ1n) is 19.6. The summed E-state index contributed by atoms with van der Waals surface area (Å²) in [4.78, 5) is 69.8. The number of likely N-dealkylation sites (tertiary alicyclic amines) is 1. The summed E-state index contributed by atoms with van der Waals surface area (Å²) in [7, 11) is 2.58. The number of hydrogen-bond acceptors (Lipinski definition) is 8. The van der Waals surface area contributed by atoms with Gasteiger partial charge in [0, 0.05) is 18.5 Å². The van der Waals surface area contributed by atoms with Gasteiger partial charge in [0.05, 0.1) is 50.0 Å². The molecule has 3 heterocycles. The average Bonchev–Trinajstić information content (AvgIpc) is 4.06. The molecule has 4 N–H and O–H groups in total. The smallest absolute Gasteiger partial charge is 0.425 e. The van der Waals surface area contributed by atoms with Crippen molar-refractivity contribution in [2.24, 2.45) is 23.7 Å². The van der Waals surface area contributed by atoms with Crippen LogP contribution in [0.2, 0.25) is 0 Å². The summed E-state index contributed by atoms with van der Waals surface area (Å²) < 4.78 is 9.55. The predicted octanol–water partition coefficient (Wildman–Crippen LogP) is 6.82. The molecule has 6 atom stereocenters. The van der Waals surface area contributed by atoms with Gasteiger partial charge in [-0.25, -0.2) is 30.0 Å². The minimum atomic E-state index is -0.687. The number of methoxy groups -OCH3 is 2. The Morgan fingerprint density at radius 1 is 0.768 bits per heavy atom. The summed E-state index contributed by atoms with van der Waals surface area (Å²) in [6.07, 6.45) is 7.05. The Morgan fingerprint density at radius 3 is 1.89 bits per heavy atom. The molecule has 1 aliphatic heterocycles. The van der Waals surface area contributed by atoms with Crippen molar-refractivity contribution in [3.63, 3.8) is 0 Å². The molecule has 2 saturated carbocycles. The number of nitrogens with one attached hydrogen (secondary N) is 4. The van der Waals surface area contributed by atoms with Gasteiger partial charge in [-0.15, -0.1) is 0 Å². The maximum absolute atomic E-state index is 13.9. The van der Waals surface area contributed by atoms with E-state index in [1.54, 1.807) is 6.20 Å². The molecular weight excluding hydrogens is 713 g/mol. The number of hydrogen-bond donors (Lipinski definition) is 4. The fourth-order valence-corrected chi connectivity index (χ4v) is 8.97. The van der Waals surface area contributed by atoms with Gasteiger partial charge in [-0.05, 0) is 86.0 Å². The largest absolute Gasteiger partial charge is 0.453 e. The van der Waals surface area contributed by atoms with Crippen LogP contribution in [0.5, 0.6) is 0 Å². The number of carbonyl (C=O) groups is 4. The molecule has 4 amide bonds. The van der Waals surface area contributed by atoms with E-state index in [2.05, 4.69) is 74.2 Å². The molecule has 2 unspecified atom stereocenters. The molecular formula is C42H52N8O6. The highest BCUT2D eigenvalue weighted by atomic mass is 16.5. The van der Waals surface area contributed by atoms with E-state index in [1.807, 2.05) is 38.8 Å². The quantitative estimate of drug-likeness (QED) is 0.127. The first-order valence-corrected chi connectivity index (χ1v) is 19.6. The Balaban J connectivity index is 1.02. The highest BCUT2D eigenvalue weighted by Crippen LogP contribution is 2.56. The molecule has 0 radical (unpaired) electrons. The van der Waals surface area contributed by atoms with Gasteiger partial charge >= 0.3 is 12.2 Å². The summed E-state index contributed by atoms with van der Waals surface area (Å²) in [6.45, 7) is 8.15. The van der Waals surface area contributed by atoms with Gasteiger partial charge in [0.1, 0.15) is 17.7 Å². The molecule has 3 aliphatic rings. The number of H-pyrrole nitrogens is 2. The van der Waals surface area contributed by atoms with Crippen LogP contribution in [0.3, 0.4) is 0 Å². The Morgan fingerprint density at radius 2 is 1.32 bits per heavy atom. The van der Waals surface area contributed by atoms with Gasteiger partial charge in [-0.1, -0.05) is 62.4 Å². The minimum absolute atomic E-state index is 0.0494. The van der Waals surface area contributed by atoms with Gasteiger partial charge < -0.3 is 29.7 Å². The number of ether oxygens (including phenoxy) is 2. The standard InChI is InChI=1S/C42H52N8O6/c1-23(2)36(47-41(53)55-5)40(52)49-19-7-8-33(49)37-43-21-31(45-37)27-13-9-25(10-14-27)26-11-15-28(16-12-26)32-22-44-38(46-32)34-29-17-18-30(20-29)35(34)39(51)50(24(3)4)48-42(54)56-6/h9-16,21-24,29-30,33-36H,7-8,17-20H2,1-6H3,(H,43,45)(H,44,46)(H,47,53)(H,48,54)/t29?,30?,33-,34-,35-,36-/m0/s1. The maximum atomic E-state index is 13.9. The van der Waals surface area contributed by atoms with Gasteiger partial charge in [-0.3, -0.25) is 9.59 Å². The molecule has 56 heavy (non-hydrogen) atoms. The third-order valence-electron chi connectivity index (χ3n) is 11.8. The van der Waals surface area contributed by atoms with Crippen molar-refractivity contribution in [1.29, 1.82) is 0 Å². The van der Waals surface area contributed by atoms with Crippen molar-refractivity contribution in [1.82, 2.24) is 40.6 Å². The Bertz CT molecular complexity index is 2040. The first kappa shape index (κ1) is 38.6. The zero-order valence-electron chi connectivity index (χ0n) is 32.9. The van der Waals surface area contributed by atoms with Crippen molar-refractivity contribution >= 4 is 24.0 Å². The van der Waals surface area contributed by atoms with E-state index >= 15 is 0 Å². The fraction of sp³-hybridized carbons (Fsp3) is 0.476. The van der Waals surface area contributed by atoms with Crippen LogP contribution < -0.4 is 10.7 Å². The van der Waals surface area contributed by atoms with Crippen LogP contribution in [-0.4, -0.2) is 86.7 Å². The lowest BCUT2D eigenvalue weighted by Crippen LogP contribution is -2.53. The molecule has 2 aromatic heterocycles. The minimum Gasteiger partial charge on any atom is -0.453 e. The third kappa shape index (κ3) is 7.61. The molecule has 4 aromatic rings. The number of rotatable bonds is 10. The second-order valence-corrected chi connectivity index (χ2v) is 15.9. The number of imidazole rings is 2. The number of benzene rings is 2. The van der Waals surface area contributed by atoms with E-state index < -0.39 is 18.2 Å². The van der Waals surface area contributed by atoms with Crippen LogP contribution in [0, 0.1) is 23.7 Å². The molecule has 7 rings (SSSR count). The molecule has 2 bridgehead atoms. The first-order chi connectivity index (χ1) is 27.0. The molecule has 0 spiro atoms. The van der Waals surface area contributed by atoms with Gasteiger partial charge in [0.15, 0.2) is 0 Å². The molecule has 2 aliphatic carbocycles. The lowest BCUT2D eigenvalue weighted by Gasteiger charge is -2.35. The summed E-state index contributed by atoms with van der Waals surface area (Å²) in [5.74, 6) is 1.50. The Hall–Kier alpha value is -5.66. The normalized spacial score (nSPS) is 22.0. The molecule has 1 saturated heterocycles. The van der Waals surface area contributed by atoms with Gasteiger partial charge in [0.2, 0.25) is 11.8 Å². The van der Waals surface area contributed by atoms with Crippen molar-refractivity contribution in [2.45, 2.75) is 83.8 Å². The third-order valence-corrected chi connectivity index (χ3v) is 11.8. The second kappa shape index (κ2) is 16.2. The summed E-state index contributed by atoms with van der Waals surface area (Å²) in [6, 6.07) is 15.5. The van der Waals surface area contributed by atoms with E-state index in [1.165, 1.54) is 19.2 Å². The lowest BCUT2D eigenvalue weighted by atomic mass is 9.78. The Kier molecular flexibility index (Phi) is 11.2. The van der Waals surface area contributed by atoms with Crippen LogP contribution in [0.15, 0.2) is 60.9 Å². The summed E-state index contributed by atoms with van der Waals surface area (Å²) in [5.41, 5.74) is 8.48. The van der Waals surface area contributed by atoms with Crippen LogP contribution >= 0.6 is 0 Å². The van der Waals surface area contributed by atoms with Crippen molar-refractivity contribution < 1.29 is 28.7 Å². The van der Waals surface area contributed by atoms with Crippen LogP contribution in [0.25, 0.3) is 33.6 Å². The van der Waals surface area contributed by atoms with E-state index in [0.29, 0.717) is 12.5 Å². The Labute approximate surface area is 327 Å². The van der Waals surface area contributed by atoms with E-state index in [4.69, 9.17) is 14.5 Å². The number of alkyl carbamates (subject to hydrolysis) is 1. The topological polar surface area (TPSA) is 175 Å². The van der Waals surface area contributed by atoms with Crippen molar-refractivity contribution in [3.05, 3.63) is 72.6 Å². The fourth-order valence-electron chi connectivity index (χ4n) is 8.97. The van der Waals surface area contributed by atoms with Crippen LogP contribution in [0.4, 0.5) is 9.59 Å². The van der Waals surface area contributed by atoms with Gasteiger partial charge in [0.25, 0.3) is 0 Å². The summed E-state index contributed by atoms with van der Waals surface area (Å²) in [5, 5.41) is 4.11. The van der Waals surface area contributed by atoms with Crippen molar-refractivity contribution in [3.8, 4) is 33.6 Å². The second-order valence-electron chi connectivity index (χ2n) is 15.9. The predicted molar refractivity (Wildman–Crippen MR) is 209 cm³/mol. The van der Waals surface area contributed by atoms with Crippen molar-refractivity contribution in [2.75, 3.05) is 20.8 Å². The van der Waals surface area contributed by atoms with Gasteiger partial charge in [-0.2, -0.15) is 0 Å². The number of aromatic amines is 2. The highest BCUT2D eigenvalue weighted by molar-refractivity contribution is 5.86. The number of hydrazine groups is 1. The average molecular weight is 765 g/mol. The monoisotopic (exact) mass is 764 g/mol. The molecule has 3 fully saturated rings. The van der Waals surface area contributed by atoms with E-state index in [-0.39, 0.29) is 47.6 Å². The number of aromatic nitrogens is 4. The molecule has 14 heteroatoms. The molecule has 2 aromatic carbocycles. The van der Waals surface area contributed by atoms with E-state index in [9.17, 15) is 19.2 Å². The van der Waals surface area contributed by atoms with E-state index in [0.717, 1.165) is 77.4 Å². The van der Waals surface area contributed by atoms with Crippen LogP contribution in [0.1, 0.15) is 83.4 Å². The highest BCUT2D eigenvalue weighted by Gasteiger charge is 2.54. The maximum Gasteiger partial charge on any atom is 0.425 e. The zero-order chi connectivity index (χ0) is 39.7. The molecule has 296 valence electrons. The SMILES string of the molecule is COC(=O)N[C@H](C(=O)N1CCC[C@H]1c1ncc(-c2ccc(-c3ccc(-c4cnc([C@H]5C6CCC(C6)[C@@H]5C(=O)N(NC(=O)OC)C(C)C)[nH]4)cc3)cc2)[nH]1)C(C)C. The lowest BCUT2D eigenvalue weighted by molar-refractivity contribution is -0.143.